The van der Waals surface area contributed by atoms with E-state index in [4.69, 9.17) is 15.0 Å². The van der Waals surface area contributed by atoms with Gasteiger partial charge in [-0.15, -0.1) is 0 Å². The molecule has 4 rings (SSSR count). The van der Waals surface area contributed by atoms with Crippen molar-refractivity contribution in [3.05, 3.63) is 48.7 Å². The van der Waals surface area contributed by atoms with Crippen LogP contribution >= 0.6 is 0 Å². The maximum absolute atomic E-state index is 5.90. The quantitative estimate of drug-likeness (QED) is 0.511. The molecule has 0 unspecified atom stereocenters. The average Bonchev–Trinajstić information content (AvgIpc) is 3.23. The lowest BCUT2D eigenvalue weighted by Crippen LogP contribution is -2.15. The molecule has 10 heteroatoms. The molecule has 2 N–H and O–H groups in total. The fraction of sp³-hybridized carbons (Fsp3) is 0.200. The van der Waals surface area contributed by atoms with Gasteiger partial charge in [-0.3, -0.25) is 0 Å². The predicted molar refractivity (Wildman–Crippen MR) is 111 cm³/mol. The molecule has 3 heterocycles. The van der Waals surface area contributed by atoms with Crippen LogP contribution < -0.4 is 15.4 Å². The highest BCUT2D eigenvalue weighted by atomic mass is 16.5. The van der Waals surface area contributed by atoms with Crippen LogP contribution in [0, 0.1) is 0 Å². The number of hydrogen-bond donors (Lipinski definition) is 1. The Bertz CT molecular complexity index is 1150. The van der Waals surface area contributed by atoms with E-state index in [2.05, 4.69) is 30.1 Å². The summed E-state index contributed by atoms with van der Waals surface area (Å²) in [6.45, 7) is 3.85. The van der Waals surface area contributed by atoms with E-state index in [9.17, 15) is 0 Å². The van der Waals surface area contributed by atoms with E-state index in [0.717, 1.165) is 5.69 Å². The molecule has 3 aromatic heterocycles. The minimum absolute atomic E-state index is 0.0326. The Kier molecular flexibility index (Phi) is 5.21. The molecule has 0 aliphatic carbocycles. The monoisotopic (exact) mass is 404 g/mol. The van der Waals surface area contributed by atoms with E-state index >= 15 is 0 Å². The fourth-order valence-corrected chi connectivity index (χ4v) is 2.71. The largest absolute Gasteiger partial charge is 0.489 e. The third-order valence-electron chi connectivity index (χ3n) is 4.05. The van der Waals surface area contributed by atoms with Gasteiger partial charge in [-0.2, -0.15) is 19.9 Å². The third-order valence-corrected chi connectivity index (χ3v) is 4.05. The van der Waals surface area contributed by atoms with Gasteiger partial charge in [0.05, 0.1) is 6.10 Å². The fourth-order valence-electron chi connectivity index (χ4n) is 2.71. The third kappa shape index (κ3) is 4.02. The molecule has 0 saturated carbocycles. The summed E-state index contributed by atoms with van der Waals surface area (Å²) >= 11 is 0. The summed E-state index contributed by atoms with van der Waals surface area (Å²) in [5.41, 5.74) is 7.24. The van der Waals surface area contributed by atoms with E-state index in [1.807, 2.05) is 51.2 Å². The molecule has 10 nitrogen and oxygen atoms in total. The first-order valence-corrected chi connectivity index (χ1v) is 9.27. The van der Waals surface area contributed by atoms with Crippen LogP contribution in [0.4, 0.5) is 17.6 Å². The topological polar surface area (TPSA) is 129 Å². The second-order valence-electron chi connectivity index (χ2n) is 6.65. The molecule has 30 heavy (non-hydrogen) atoms. The van der Waals surface area contributed by atoms with Crippen molar-refractivity contribution in [3.8, 4) is 29.0 Å². The van der Waals surface area contributed by atoms with Crippen LogP contribution in [0.1, 0.15) is 13.8 Å². The Labute approximate surface area is 172 Å². The summed E-state index contributed by atoms with van der Waals surface area (Å²) in [4.78, 5) is 23.3. The molecule has 1 aromatic carbocycles. The molecular weight excluding hydrogens is 384 g/mol. The smallest absolute Gasteiger partial charge is 0.280 e. The minimum Gasteiger partial charge on any atom is -0.489 e. The summed E-state index contributed by atoms with van der Waals surface area (Å²) in [6.07, 6.45) is 1.59. The first-order chi connectivity index (χ1) is 14.5. The van der Waals surface area contributed by atoms with Crippen LogP contribution in [-0.4, -0.2) is 43.2 Å². The SMILES string of the molecule is CC(C)Oc1cccnc1-c1nc(-c2nc(N)nc(N(C)c3ccccc3)n2)no1. The van der Waals surface area contributed by atoms with Crippen LogP contribution in [0.25, 0.3) is 23.2 Å². The van der Waals surface area contributed by atoms with Crippen molar-refractivity contribution in [2.75, 3.05) is 17.7 Å². The number of nitrogens with zero attached hydrogens (tertiary/aromatic N) is 7. The van der Waals surface area contributed by atoms with Gasteiger partial charge in [-0.05, 0) is 38.1 Å². The first-order valence-electron chi connectivity index (χ1n) is 9.27. The van der Waals surface area contributed by atoms with Crippen molar-refractivity contribution in [1.29, 1.82) is 0 Å². The number of pyridine rings is 1. The lowest BCUT2D eigenvalue weighted by molar-refractivity contribution is 0.242. The van der Waals surface area contributed by atoms with Crippen LogP contribution in [0.15, 0.2) is 53.2 Å². The zero-order valence-electron chi connectivity index (χ0n) is 16.7. The molecule has 0 atom stereocenters. The molecule has 0 bridgehead atoms. The van der Waals surface area contributed by atoms with Crippen LogP contribution in [-0.2, 0) is 0 Å². The summed E-state index contributed by atoms with van der Waals surface area (Å²) < 4.78 is 11.2. The van der Waals surface area contributed by atoms with Crippen LogP contribution in [0.3, 0.4) is 0 Å². The van der Waals surface area contributed by atoms with E-state index in [1.165, 1.54) is 0 Å². The zero-order valence-corrected chi connectivity index (χ0v) is 16.7. The van der Waals surface area contributed by atoms with Gasteiger partial charge in [0.1, 0.15) is 0 Å². The highest BCUT2D eigenvalue weighted by molar-refractivity contribution is 5.61. The molecule has 0 fully saturated rings. The Morgan fingerprint density at radius 1 is 0.967 bits per heavy atom. The van der Waals surface area contributed by atoms with Crippen molar-refractivity contribution < 1.29 is 9.26 Å². The molecule has 0 aliphatic rings. The number of nitrogen functional groups attached to an aromatic ring is 1. The number of aromatic nitrogens is 6. The lowest BCUT2D eigenvalue weighted by atomic mass is 10.3. The van der Waals surface area contributed by atoms with Gasteiger partial charge in [0.2, 0.25) is 23.5 Å². The Morgan fingerprint density at radius 3 is 2.53 bits per heavy atom. The highest BCUT2D eigenvalue weighted by Gasteiger charge is 2.20. The van der Waals surface area contributed by atoms with Gasteiger partial charge in [-0.1, -0.05) is 23.4 Å². The second-order valence-corrected chi connectivity index (χ2v) is 6.65. The number of benzene rings is 1. The number of rotatable bonds is 6. The molecular formula is C20H20N8O2. The minimum atomic E-state index is -0.0326. The van der Waals surface area contributed by atoms with Gasteiger partial charge < -0.3 is 19.9 Å². The maximum Gasteiger partial charge on any atom is 0.280 e. The second kappa shape index (κ2) is 8.11. The van der Waals surface area contributed by atoms with Gasteiger partial charge in [0.25, 0.3) is 5.89 Å². The molecule has 0 spiro atoms. The van der Waals surface area contributed by atoms with Crippen LogP contribution in [0.2, 0.25) is 0 Å². The molecule has 0 saturated heterocycles. The van der Waals surface area contributed by atoms with Gasteiger partial charge >= 0.3 is 0 Å². The molecule has 0 amide bonds. The highest BCUT2D eigenvalue weighted by Crippen LogP contribution is 2.29. The summed E-state index contributed by atoms with van der Waals surface area (Å²) in [6, 6.07) is 13.2. The van der Waals surface area contributed by atoms with Gasteiger partial charge in [0, 0.05) is 18.9 Å². The number of hydrogen-bond acceptors (Lipinski definition) is 10. The normalized spacial score (nSPS) is 10.9. The van der Waals surface area contributed by atoms with Crippen molar-refractivity contribution >= 4 is 17.6 Å². The average molecular weight is 404 g/mol. The maximum atomic E-state index is 5.90. The zero-order chi connectivity index (χ0) is 21.1. The number of anilines is 3. The van der Waals surface area contributed by atoms with E-state index in [1.54, 1.807) is 23.2 Å². The number of para-hydroxylation sites is 1. The van der Waals surface area contributed by atoms with Crippen molar-refractivity contribution in [3.63, 3.8) is 0 Å². The number of nitrogens with two attached hydrogens (primary N) is 1. The Morgan fingerprint density at radius 2 is 1.77 bits per heavy atom. The molecule has 4 aromatic rings. The van der Waals surface area contributed by atoms with E-state index in [-0.39, 0.29) is 29.6 Å². The summed E-state index contributed by atoms with van der Waals surface area (Å²) in [7, 11) is 1.83. The molecule has 0 aliphatic heterocycles. The van der Waals surface area contributed by atoms with Crippen molar-refractivity contribution in [1.82, 2.24) is 30.1 Å². The standard InChI is InChI=1S/C20H20N8O2/c1-12(2)29-14-10-7-11-22-15(14)18-23-17(27-30-18)16-24-19(21)26-20(25-16)28(3)13-8-5-4-6-9-13/h4-12H,1-3H3,(H2,21,24,25,26). The number of ether oxygens (including phenoxy) is 1. The van der Waals surface area contributed by atoms with Crippen LogP contribution in [0.5, 0.6) is 5.75 Å². The molecule has 0 radical (unpaired) electrons. The van der Waals surface area contributed by atoms with Crippen molar-refractivity contribution in [2.24, 2.45) is 0 Å². The summed E-state index contributed by atoms with van der Waals surface area (Å²) in [5, 5.41) is 3.99. The van der Waals surface area contributed by atoms with E-state index < -0.39 is 0 Å². The summed E-state index contributed by atoms with van der Waals surface area (Å²) in [5.74, 6) is 1.50. The Balaban J connectivity index is 1.69. The van der Waals surface area contributed by atoms with Crippen molar-refractivity contribution in [2.45, 2.75) is 20.0 Å². The lowest BCUT2D eigenvalue weighted by Gasteiger charge is -2.17. The van der Waals surface area contributed by atoms with E-state index in [0.29, 0.717) is 17.4 Å². The van der Waals surface area contributed by atoms with Gasteiger partial charge in [-0.25, -0.2) is 4.98 Å². The Hall–Kier alpha value is -4.08. The first kappa shape index (κ1) is 19.2. The molecule has 152 valence electrons. The van der Waals surface area contributed by atoms with Gasteiger partial charge in [0.15, 0.2) is 11.4 Å². The predicted octanol–water partition coefficient (Wildman–Crippen LogP) is 3.12.